The Labute approximate surface area is 219 Å². The first-order valence-electron chi connectivity index (χ1n) is 9.53. The van der Waals surface area contributed by atoms with E-state index in [1.165, 1.54) is 4.68 Å². The number of rotatable bonds is 5. The molecule has 1 atom stereocenters. The molecule has 174 valence electrons. The smallest absolute Gasteiger partial charge is 0.295 e. The number of carbonyl (C=O) groups excluding carboxylic acids is 1. The fourth-order valence-corrected chi connectivity index (χ4v) is 3.98. The quantitative estimate of drug-likeness (QED) is 0.229. The molecule has 0 aliphatic heterocycles. The number of thiocarbonyl (C=S) groups is 1. The first kappa shape index (κ1) is 25.6. The fraction of sp³-hybridized carbons (Fsp3) is 0.190. The van der Waals surface area contributed by atoms with Gasteiger partial charge in [-0.3, -0.25) is 14.3 Å². The van der Waals surface area contributed by atoms with Crippen LogP contribution < -0.4 is 21.5 Å². The number of nitrogens with zero attached hydrogens (tertiary/aromatic N) is 2. The second kappa shape index (κ2) is 10.5. The Hall–Kier alpha value is -2.04. The molecule has 0 unspecified atom stereocenters. The van der Waals surface area contributed by atoms with Gasteiger partial charge in [0.05, 0.1) is 11.4 Å². The summed E-state index contributed by atoms with van der Waals surface area (Å²) in [6.07, 6.45) is -1.19. The van der Waals surface area contributed by atoms with Gasteiger partial charge < -0.3 is 16.0 Å². The first-order chi connectivity index (χ1) is 15.5. The Balaban J connectivity index is 1.80. The first-order valence-corrected chi connectivity index (χ1v) is 11.9. The van der Waals surface area contributed by atoms with Crippen LogP contribution in [0.3, 0.4) is 0 Å². The Bertz CT molecular complexity index is 1240. The van der Waals surface area contributed by atoms with E-state index in [1.54, 1.807) is 42.9 Å². The van der Waals surface area contributed by atoms with E-state index in [9.17, 15) is 9.59 Å². The van der Waals surface area contributed by atoms with Crippen LogP contribution in [0.25, 0.3) is 5.69 Å². The summed E-state index contributed by atoms with van der Waals surface area (Å²) in [4.78, 5) is 25.7. The lowest BCUT2D eigenvalue weighted by Gasteiger charge is -2.27. The van der Waals surface area contributed by atoms with E-state index >= 15 is 0 Å². The van der Waals surface area contributed by atoms with Gasteiger partial charge in [-0.15, -0.1) is 0 Å². The molecule has 0 bridgehead atoms. The lowest BCUT2D eigenvalue weighted by molar-refractivity contribution is 0.0934. The Morgan fingerprint density at radius 3 is 2.36 bits per heavy atom. The van der Waals surface area contributed by atoms with Crippen LogP contribution >= 0.6 is 63.0 Å². The van der Waals surface area contributed by atoms with Gasteiger partial charge >= 0.3 is 0 Å². The number of benzene rings is 2. The minimum atomic E-state index is -1.94. The number of hydrogen-bond donors (Lipinski definition) is 3. The topological polar surface area (TPSA) is 80.1 Å². The summed E-state index contributed by atoms with van der Waals surface area (Å²) in [6.45, 7) is 1.77. The van der Waals surface area contributed by atoms with Crippen molar-refractivity contribution in [3.8, 4) is 5.69 Å². The fourth-order valence-electron chi connectivity index (χ4n) is 3.04. The van der Waals surface area contributed by atoms with Gasteiger partial charge in [-0.05, 0) is 49.5 Å². The molecular weight excluding hydrogens is 573 g/mol. The van der Waals surface area contributed by atoms with Crippen LogP contribution in [0.2, 0.25) is 0 Å². The van der Waals surface area contributed by atoms with Crippen molar-refractivity contribution in [2.45, 2.75) is 16.9 Å². The third-order valence-corrected chi connectivity index (χ3v) is 6.13. The van der Waals surface area contributed by atoms with Crippen molar-refractivity contribution in [1.82, 2.24) is 20.0 Å². The normalized spacial score (nSPS) is 12.2. The number of hydrogen-bond acceptors (Lipinski definition) is 3. The summed E-state index contributed by atoms with van der Waals surface area (Å²) in [5.41, 5.74) is 1.63. The molecule has 12 heteroatoms. The van der Waals surface area contributed by atoms with Gasteiger partial charge in [0.1, 0.15) is 11.9 Å². The molecule has 0 saturated carbocycles. The minimum Gasteiger partial charge on any atom is -0.339 e. The molecule has 33 heavy (non-hydrogen) atoms. The minimum absolute atomic E-state index is 0.00752. The number of carbonyl (C=O) groups is 1. The molecule has 0 aliphatic carbocycles. The van der Waals surface area contributed by atoms with Crippen LogP contribution in [0.1, 0.15) is 16.1 Å². The lowest BCUT2D eigenvalue weighted by atomic mass is 10.2. The molecule has 1 aromatic heterocycles. The van der Waals surface area contributed by atoms with E-state index in [4.69, 9.17) is 47.0 Å². The third-order valence-electron chi connectivity index (χ3n) is 4.76. The van der Waals surface area contributed by atoms with Crippen LogP contribution in [-0.4, -0.2) is 30.3 Å². The highest BCUT2D eigenvalue weighted by Gasteiger charge is 2.35. The van der Waals surface area contributed by atoms with Crippen LogP contribution in [0.5, 0.6) is 0 Å². The maximum absolute atomic E-state index is 13.1. The van der Waals surface area contributed by atoms with Crippen molar-refractivity contribution in [2.24, 2.45) is 7.05 Å². The molecular formula is C21H19BrCl3N5O2S. The summed E-state index contributed by atoms with van der Waals surface area (Å²) in [5.74, 6) is -0.481. The summed E-state index contributed by atoms with van der Waals surface area (Å²) < 4.78 is 1.98. The van der Waals surface area contributed by atoms with E-state index in [-0.39, 0.29) is 16.4 Å². The summed E-state index contributed by atoms with van der Waals surface area (Å²) in [5, 5.41) is 8.23. The molecule has 0 saturated heterocycles. The van der Waals surface area contributed by atoms with Crippen LogP contribution in [0, 0.1) is 6.92 Å². The van der Waals surface area contributed by atoms with Crippen LogP contribution in [0.4, 0.5) is 5.69 Å². The van der Waals surface area contributed by atoms with Crippen LogP contribution in [0.15, 0.2) is 63.9 Å². The number of anilines is 1. The third kappa shape index (κ3) is 6.10. The second-order valence-corrected chi connectivity index (χ2v) is 10.7. The maximum atomic E-state index is 13.1. The average Bonchev–Trinajstić information content (AvgIpc) is 2.96. The molecule has 2 aromatic carbocycles. The standard InChI is InChI=1S/C21H19BrCl3N5O2S/c1-12-16(18(32)30(29(12)2)15-9-4-3-5-10-15)26-20(33)28-19(21(23,24)25)27-17(31)13-7-6-8-14(22)11-13/h3-11,19H,1-2H3,(H,27,31)(H2,26,28,33)/t19-/m1/s1. The molecule has 1 heterocycles. The highest BCUT2D eigenvalue weighted by atomic mass is 79.9. The predicted octanol–water partition coefficient (Wildman–Crippen LogP) is 4.66. The van der Waals surface area contributed by atoms with Crippen molar-refractivity contribution in [1.29, 1.82) is 0 Å². The Kier molecular flexibility index (Phi) is 8.13. The van der Waals surface area contributed by atoms with Crippen molar-refractivity contribution in [2.75, 3.05) is 5.32 Å². The van der Waals surface area contributed by atoms with E-state index in [0.29, 0.717) is 16.9 Å². The summed E-state index contributed by atoms with van der Waals surface area (Å²) >= 11 is 26.9. The Morgan fingerprint density at radius 1 is 1.09 bits per heavy atom. The van der Waals surface area contributed by atoms with Gasteiger partial charge in [-0.25, -0.2) is 4.68 Å². The zero-order valence-electron chi connectivity index (χ0n) is 17.4. The molecule has 3 N–H and O–H groups in total. The van der Waals surface area contributed by atoms with Crippen molar-refractivity contribution < 1.29 is 4.79 Å². The molecule has 3 rings (SSSR count). The van der Waals surface area contributed by atoms with Crippen molar-refractivity contribution in [3.63, 3.8) is 0 Å². The Morgan fingerprint density at radius 2 is 1.76 bits per heavy atom. The summed E-state index contributed by atoms with van der Waals surface area (Å²) in [6, 6.07) is 15.9. The molecule has 0 aliphatic rings. The maximum Gasteiger partial charge on any atom is 0.295 e. The number of aromatic nitrogens is 2. The van der Waals surface area contributed by atoms with Gasteiger partial charge in [0.2, 0.25) is 3.79 Å². The van der Waals surface area contributed by atoms with E-state index in [1.807, 2.05) is 30.3 Å². The summed E-state index contributed by atoms with van der Waals surface area (Å²) in [7, 11) is 1.76. The number of nitrogens with one attached hydrogen (secondary N) is 3. The van der Waals surface area contributed by atoms with Crippen molar-refractivity contribution in [3.05, 3.63) is 80.7 Å². The highest BCUT2D eigenvalue weighted by molar-refractivity contribution is 9.10. The SMILES string of the molecule is Cc1c(NC(=S)N[C@@H](NC(=O)c2cccc(Br)c2)C(Cl)(Cl)Cl)c(=O)n(-c2ccccc2)n1C. The second-order valence-electron chi connectivity index (χ2n) is 6.99. The van der Waals surface area contributed by atoms with Gasteiger partial charge in [-0.1, -0.05) is 75.0 Å². The largest absolute Gasteiger partial charge is 0.339 e. The van der Waals surface area contributed by atoms with E-state index < -0.39 is 15.9 Å². The van der Waals surface area contributed by atoms with Gasteiger partial charge in [0.25, 0.3) is 11.5 Å². The van der Waals surface area contributed by atoms with E-state index in [0.717, 1.165) is 4.47 Å². The zero-order chi connectivity index (χ0) is 24.3. The number of alkyl halides is 3. The number of halogens is 4. The highest BCUT2D eigenvalue weighted by Crippen LogP contribution is 2.29. The number of para-hydroxylation sites is 1. The van der Waals surface area contributed by atoms with Crippen molar-refractivity contribution >= 4 is 79.7 Å². The van der Waals surface area contributed by atoms with Gasteiger partial charge in [-0.2, -0.15) is 0 Å². The lowest BCUT2D eigenvalue weighted by Crippen LogP contribution is -2.56. The molecule has 1 amide bonds. The molecule has 0 fully saturated rings. The van der Waals surface area contributed by atoms with Crippen LogP contribution in [-0.2, 0) is 7.05 Å². The number of amides is 1. The average molecular weight is 592 g/mol. The molecule has 0 spiro atoms. The van der Waals surface area contributed by atoms with Gasteiger partial charge in [0.15, 0.2) is 5.11 Å². The zero-order valence-corrected chi connectivity index (χ0v) is 22.1. The molecule has 7 nitrogen and oxygen atoms in total. The van der Waals surface area contributed by atoms with Gasteiger partial charge in [0, 0.05) is 17.1 Å². The monoisotopic (exact) mass is 589 g/mol. The van der Waals surface area contributed by atoms with E-state index in [2.05, 4.69) is 31.9 Å². The predicted molar refractivity (Wildman–Crippen MR) is 141 cm³/mol. The molecule has 3 aromatic rings. The molecule has 0 radical (unpaired) electrons.